The van der Waals surface area contributed by atoms with Crippen molar-refractivity contribution in [3.05, 3.63) is 0 Å². The van der Waals surface area contributed by atoms with Crippen molar-refractivity contribution in [1.82, 2.24) is 0 Å². The Labute approximate surface area is 581 Å². The highest BCUT2D eigenvalue weighted by Crippen LogP contribution is 2.45. The molecule has 564 valence electrons. The van der Waals surface area contributed by atoms with Gasteiger partial charge in [-0.05, 0) is 49.4 Å². The molecule has 5 unspecified atom stereocenters. The molecule has 0 aliphatic rings. The van der Waals surface area contributed by atoms with Crippen molar-refractivity contribution in [2.75, 3.05) is 39.6 Å². The summed E-state index contributed by atoms with van der Waals surface area (Å²) in [6, 6.07) is 0. The van der Waals surface area contributed by atoms with E-state index in [1.165, 1.54) is 180 Å². The standard InChI is InChI=1S/C76H148O17P2/c1-9-68(7)54-46-38-29-23-19-17-15-13-11-12-14-16-18-20-26-32-42-50-58-75(80)92-71(62-87-74(79)57-49-41-33-27-28-36-44-52-66(3)4)64-90-94(82,83)88-60-70(77)61-89-95(84,85)91-65-72(93-76(81)59-51-43-35-34-37-45-53-67(5)6)63-86-73(78)56-48-40-31-25-22-21-24-30-39-47-55-69(8)10-2/h66-72,77H,9-65H2,1-8H3,(H,82,83)(H,84,85)/t68?,69?,70?,71-,72-/m1/s1. The molecular formula is C76H148O17P2. The van der Waals surface area contributed by atoms with E-state index in [-0.39, 0.29) is 25.7 Å². The van der Waals surface area contributed by atoms with Crippen LogP contribution in [0.5, 0.6) is 0 Å². The van der Waals surface area contributed by atoms with Gasteiger partial charge in [0.25, 0.3) is 0 Å². The van der Waals surface area contributed by atoms with Crippen molar-refractivity contribution >= 4 is 39.5 Å². The first kappa shape index (κ1) is 93.1. The molecule has 0 radical (unpaired) electrons. The van der Waals surface area contributed by atoms with Gasteiger partial charge in [0, 0.05) is 25.7 Å². The maximum atomic E-state index is 13.1. The molecule has 0 aliphatic carbocycles. The summed E-state index contributed by atoms with van der Waals surface area (Å²) in [5.41, 5.74) is 0. The van der Waals surface area contributed by atoms with E-state index >= 15 is 0 Å². The topological polar surface area (TPSA) is 237 Å². The van der Waals surface area contributed by atoms with Crippen LogP contribution in [-0.2, 0) is 65.4 Å². The first-order chi connectivity index (χ1) is 45.7. The van der Waals surface area contributed by atoms with Crippen LogP contribution < -0.4 is 0 Å². The highest BCUT2D eigenvalue weighted by atomic mass is 31.2. The third kappa shape index (κ3) is 67.6. The maximum absolute atomic E-state index is 13.1. The van der Waals surface area contributed by atoms with Gasteiger partial charge in [-0.1, -0.05) is 331 Å². The summed E-state index contributed by atoms with van der Waals surface area (Å²) in [6.07, 6.45) is 50.3. The molecule has 0 amide bonds. The summed E-state index contributed by atoms with van der Waals surface area (Å²) in [5, 5.41) is 10.6. The molecule has 0 spiro atoms. The number of ether oxygens (including phenoxy) is 4. The summed E-state index contributed by atoms with van der Waals surface area (Å²) in [5.74, 6) is 0.927. The maximum Gasteiger partial charge on any atom is 0.472 e. The van der Waals surface area contributed by atoms with Gasteiger partial charge in [0.15, 0.2) is 12.2 Å². The lowest BCUT2D eigenvalue weighted by atomic mass is 9.99. The number of aliphatic hydroxyl groups is 1. The molecule has 0 saturated heterocycles. The molecule has 17 nitrogen and oxygen atoms in total. The molecule has 3 N–H and O–H groups in total. The summed E-state index contributed by atoms with van der Waals surface area (Å²) in [4.78, 5) is 72.7. The zero-order chi connectivity index (χ0) is 70.3. The Bertz CT molecular complexity index is 1870. The van der Waals surface area contributed by atoms with E-state index in [0.717, 1.165) is 108 Å². The molecule has 0 heterocycles. The molecule has 0 aromatic rings. The summed E-state index contributed by atoms with van der Waals surface area (Å²) >= 11 is 0. The van der Waals surface area contributed by atoms with Crippen LogP contribution >= 0.6 is 15.6 Å². The zero-order valence-electron chi connectivity index (χ0n) is 62.3. The number of carbonyl (C=O) groups is 4. The quantitative estimate of drug-likeness (QED) is 0.0222. The van der Waals surface area contributed by atoms with Crippen molar-refractivity contribution in [1.29, 1.82) is 0 Å². The van der Waals surface area contributed by atoms with Gasteiger partial charge in [-0.2, -0.15) is 0 Å². The first-order valence-electron chi connectivity index (χ1n) is 39.3. The predicted molar refractivity (Wildman–Crippen MR) is 386 cm³/mol. The Kier molecular flexibility index (Phi) is 64.0. The smallest absolute Gasteiger partial charge is 0.462 e. The number of unbranched alkanes of at least 4 members (excludes halogenated alkanes) is 37. The highest BCUT2D eigenvalue weighted by molar-refractivity contribution is 7.47. The van der Waals surface area contributed by atoms with Gasteiger partial charge in [-0.3, -0.25) is 37.3 Å². The Morgan fingerprint density at radius 1 is 0.295 bits per heavy atom. The molecule has 0 aromatic carbocycles. The minimum Gasteiger partial charge on any atom is -0.462 e. The molecule has 19 heteroatoms. The van der Waals surface area contributed by atoms with E-state index in [4.69, 9.17) is 37.0 Å². The number of hydrogen-bond acceptors (Lipinski definition) is 15. The van der Waals surface area contributed by atoms with Crippen LogP contribution in [0.2, 0.25) is 0 Å². The van der Waals surface area contributed by atoms with Crippen molar-refractivity contribution in [2.24, 2.45) is 23.7 Å². The van der Waals surface area contributed by atoms with E-state index in [9.17, 15) is 43.2 Å². The number of carbonyl (C=O) groups excluding carboxylic acids is 4. The summed E-state index contributed by atoms with van der Waals surface area (Å²) in [6.45, 7) is 14.1. The van der Waals surface area contributed by atoms with E-state index < -0.39 is 97.5 Å². The van der Waals surface area contributed by atoms with E-state index in [1.807, 2.05) is 0 Å². The Balaban J connectivity index is 5.14. The van der Waals surface area contributed by atoms with Crippen LogP contribution in [0.25, 0.3) is 0 Å². The number of phosphoric ester groups is 2. The average Bonchev–Trinajstić information content (AvgIpc) is 1.79. The van der Waals surface area contributed by atoms with Crippen molar-refractivity contribution in [2.45, 2.75) is 401 Å². The number of rotatable bonds is 73. The molecule has 0 fully saturated rings. The van der Waals surface area contributed by atoms with Gasteiger partial charge >= 0.3 is 39.5 Å². The molecule has 0 rings (SSSR count). The third-order valence-electron chi connectivity index (χ3n) is 18.3. The summed E-state index contributed by atoms with van der Waals surface area (Å²) in [7, 11) is -9.91. The Morgan fingerprint density at radius 3 is 0.747 bits per heavy atom. The predicted octanol–water partition coefficient (Wildman–Crippen LogP) is 22.0. The summed E-state index contributed by atoms with van der Waals surface area (Å²) < 4.78 is 68.4. The van der Waals surface area contributed by atoms with Crippen molar-refractivity contribution in [3.8, 4) is 0 Å². The van der Waals surface area contributed by atoms with E-state index in [2.05, 4.69) is 55.4 Å². The van der Waals surface area contributed by atoms with Crippen LogP contribution in [0, 0.1) is 23.7 Å². The van der Waals surface area contributed by atoms with E-state index in [0.29, 0.717) is 37.5 Å². The average molecular weight is 1400 g/mol. The second-order valence-corrected chi connectivity index (χ2v) is 31.7. The molecule has 0 saturated carbocycles. The molecule has 0 aliphatic heterocycles. The van der Waals surface area contributed by atoms with Crippen molar-refractivity contribution < 1.29 is 80.2 Å². The van der Waals surface area contributed by atoms with Gasteiger partial charge in [-0.25, -0.2) is 9.13 Å². The monoisotopic (exact) mass is 1400 g/mol. The highest BCUT2D eigenvalue weighted by Gasteiger charge is 2.30. The van der Waals surface area contributed by atoms with E-state index in [1.54, 1.807) is 0 Å². The second-order valence-electron chi connectivity index (χ2n) is 28.8. The fourth-order valence-corrected chi connectivity index (χ4v) is 13.1. The first-order valence-corrected chi connectivity index (χ1v) is 42.3. The second kappa shape index (κ2) is 65.4. The Morgan fingerprint density at radius 2 is 0.505 bits per heavy atom. The van der Waals surface area contributed by atoms with Crippen molar-refractivity contribution in [3.63, 3.8) is 0 Å². The van der Waals surface area contributed by atoms with Gasteiger partial charge in [0.1, 0.15) is 19.3 Å². The van der Waals surface area contributed by atoms with Crippen LogP contribution in [-0.4, -0.2) is 96.7 Å². The fourth-order valence-electron chi connectivity index (χ4n) is 11.5. The SMILES string of the molecule is CCC(C)CCCCCCCCCCCCCCCCCCCCC(=O)O[C@H](COC(=O)CCCCCCCCCC(C)C)COP(=O)(O)OCC(O)COP(=O)(O)OC[C@@H](COC(=O)CCCCCCCCCCCCC(C)CC)OC(=O)CCCCCCCCC(C)C. The van der Waals surface area contributed by atoms with Crippen LogP contribution in [0.3, 0.4) is 0 Å². The minimum absolute atomic E-state index is 0.102. The third-order valence-corrected chi connectivity index (χ3v) is 20.2. The normalized spacial score (nSPS) is 14.7. The molecule has 0 aromatic heterocycles. The number of aliphatic hydroxyl groups excluding tert-OH is 1. The molecular weight excluding hydrogens is 1250 g/mol. The lowest BCUT2D eigenvalue weighted by Crippen LogP contribution is -2.30. The molecule has 0 bridgehead atoms. The van der Waals surface area contributed by atoms with Crippen LogP contribution in [0.15, 0.2) is 0 Å². The fraction of sp³-hybridized carbons (Fsp3) is 0.947. The van der Waals surface area contributed by atoms with Gasteiger partial charge in [0.05, 0.1) is 26.4 Å². The van der Waals surface area contributed by atoms with Crippen LogP contribution in [0.4, 0.5) is 0 Å². The number of hydrogen-bond donors (Lipinski definition) is 3. The van der Waals surface area contributed by atoms with Gasteiger partial charge < -0.3 is 33.8 Å². The lowest BCUT2D eigenvalue weighted by Gasteiger charge is -2.21. The van der Waals surface area contributed by atoms with Gasteiger partial charge in [0.2, 0.25) is 0 Å². The number of esters is 4. The Hall–Kier alpha value is -1.94. The largest absolute Gasteiger partial charge is 0.472 e. The van der Waals surface area contributed by atoms with Gasteiger partial charge in [-0.15, -0.1) is 0 Å². The molecule has 7 atom stereocenters. The lowest BCUT2D eigenvalue weighted by molar-refractivity contribution is -0.161. The number of phosphoric acid groups is 2. The zero-order valence-corrected chi connectivity index (χ0v) is 64.1. The van der Waals surface area contributed by atoms with Crippen LogP contribution in [0.1, 0.15) is 383 Å². The molecule has 95 heavy (non-hydrogen) atoms. The minimum atomic E-state index is -4.96.